The summed E-state index contributed by atoms with van der Waals surface area (Å²) in [5.41, 5.74) is 2.67. The summed E-state index contributed by atoms with van der Waals surface area (Å²) in [5.74, 6) is 0.228. The quantitative estimate of drug-likeness (QED) is 0.253. The van der Waals surface area contributed by atoms with Crippen molar-refractivity contribution in [3.8, 4) is 0 Å². The maximum Gasteiger partial charge on any atom is 0.246 e. The zero-order valence-corrected chi connectivity index (χ0v) is 18.8. The van der Waals surface area contributed by atoms with Crippen LogP contribution >= 0.6 is 24.0 Å². The van der Waals surface area contributed by atoms with Crippen molar-refractivity contribution in [1.82, 2.24) is 20.4 Å². The summed E-state index contributed by atoms with van der Waals surface area (Å²) < 4.78 is 14.5. The van der Waals surface area contributed by atoms with Gasteiger partial charge in [0.25, 0.3) is 0 Å². The van der Waals surface area contributed by atoms with Gasteiger partial charge in [-0.3, -0.25) is 14.5 Å². The van der Waals surface area contributed by atoms with Crippen LogP contribution in [0.2, 0.25) is 0 Å². The standard InChI is InChI=1S/C21H23FN6O.HI/c1-23-21(24-13-16-6-8-18(22)9-7-16)25-14-17-4-2-5-19(12-17)27-20(29)15-28-11-3-10-26-28;/h2-12H,13-15H2,1H3,(H,27,29)(H2,23,24,25);1H. The number of carbonyl (C=O) groups excluding carboxylic acids is 1. The van der Waals surface area contributed by atoms with Gasteiger partial charge in [0.1, 0.15) is 12.4 Å². The first-order chi connectivity index (χ1) is 14.1. The molecule has 2 aromatic carbocycles. The second-order valence-corrected chi connectivity index (χ2v) is 6.36. The fourth-order valence-corrected chi connectivity index (χ4v) is 2.70. The number of carbonyl (C=O) groups is 1. The van der Waals surface area contributed by atoms with Gasteiger partial charge in [0, 0.05) is 38.2 Å². The molecule has 3 aromatic rings. The van der Waals surface area contributed by atoms with Crippen LogP contribution < -0.4 is 16.0 Å². The van der Waals surface area contributed by atoms with E-state index in [2.05, 4.69) is 26.0 Å². The molecule has 0 atom stereocenters. The van der Waals surface area contributed by atoms with Gasteiger partial charge in [-0.1, -0.05) is 24.3 Å². The lowest BCUT2D eigenvalue weighted by atomic mass is 10.2. The first kappa shape index (κ1) is 23.3. The Labute approximate surface area is 191 Å². The topological polar surface area (TPSA) is 83.3 Å². The van der Waals surface area contributed by atoms with E-state index in [9.17, 15) is 9.18 Å². The summed E-state index contributed by atoms with van der Waals surface area (Å²) >= 11 is 0. The van der Waals surface area contributed by atoms with E-state index in [4.69, 9.17) is 0 Å². The molecule has 0 unspecified atom stereocenters. The molecule has 0 aliphatic rings. The van der Waals surface area contributed by atoms with E-state index >= 15 is 0 Å². The Morgan fingerprint density at radius 2 is 1.80 bits per heavy atom. The molecule has 0 saturated carbocycles. The molecule has 9 heteroatoms. The van der Waals surface area contributed by atoms with Gasteiger partial charge in [-0.05, 0) is 41.5 Å². The van der Waals surface area contributed by atoms with E-state index in [0.29, 0.717) is 19.0 Å². The van der Waals surface area contributed by atoms with Crippen molar-refractivity contribution in [2.24, 2.45) is 4.99 Å². The molecule has 158 valence electrons. The van der Waals surface area contributed by atoms with Crippen LogP contribution in [0.4, 0.5) is 10.1 Å². The third-order valence-electron chi connectivity index (χ3n) is 4.13. The Balaban J connectivity index is 0.00000320. The van der Waals surface area contributed by atoms with E-state index in [1.165, 1.54) is 12.1 Å². The Morgan fingerprint density at radius 1 is 1.07 bits per heavy atom. The molecule has 1 aromatic heterocycles. The Morgan fingerprint density at radius 3 is 2.47 bits per heavy atom. The molecule has 0 fully saturated rings. The van der Waals surface area contributed by atoms with Gasteiger partial charge in [0.2, 0.25) is 5.91 Å². The molecule has 0 spiro atoms. The molecule has 1 amide bonds. The Bertz CT molecular complexity index is 960. The molecule has 0 saturated heterocycles. The van der Waals surface area contributed by atoms with Gasteiger partial charge in [0.15, 0.2) is 5.96 Å². The summed E-state index contributed by atoms with van der Waals surface area (Å²) in [6.45, 7) is 1.23. The van der Waals surface area contributed by atoms with E-state index < -0.39 is 0 Å². The number of hydrogen-bond donors (Lipinski definition) is 3. The number of aliphatic imine (C=N–C) groups is 1. The number of halogens is 2. The molecule has 1 heterocycles. The van der Waals surface area contributed by atoms with Crippen molar-refractivity contribution >= 4 is 41.5 Å². The number of rotatable bonds is 7. The van der Waals surface area contributed by atoms with Crippen molar-refractivity contribution in [3.05, 3.63) is 83.9 Å². The lowest BCUT2D eigenvalue weighted by Crippen LogP contribution is -2.36. The van der Waals surface area contributed by atoms with Gasteiger partial charge >= 0.3 is 0 Å². The molecule has 7 nitrogen and oxygen atoms in total. The average Bonchev–Trinajstić information content (AvgIpc) is 3.22. The van der Waals surface area contributed by atoms with Crippen LogP contribution in [0.1, 0.15) is 11.1 Å². The maximum atomic E-state index is 13.0. The normalized spacial score (nSPS) is 10.8. The van der Waals surface area contributed by atoms with E-state index in [1.54, 1.807) is 42.3 Å². The minimum Gasteiger partial charge on any atom is -0.352 e. The second-order valence-electron chi connectivity index (χ2n) is 6.36. The number of nitrogens with one attached hydrogen (secondary N) is 3. The highest BCUT2D eigenvalue weighted by atomic mass is 127. The van der Waals surface area contributed by atoms with E-state index in [-0.39, 0.29) is 42.2 Å². The lowest BCUT2D eigenvalue weighted by molar-refractivity contribution is -0.116. The van der Waals surface area contributed by atoms with Crippen molar-refractivity contribution in [2.45, 2.75) is 19.6 Å². The molecule has 0 radical (unpaired) electrons. The summed E-state index contributed by atoms with van der Waals surface area (Å²) in [5, 5.41) is 13.3. The molecule has 3 rings (SSSR count). The fourth-order valence-electron chi connectivity index (χ4n) is 2.70. The van der Waals surface area contributed by atoms with Gasteiger partial charge in [-0.15, -0.1) is 24.0 Å². The molecule has 30 heavy (non-hydrogen) atoms. The molecular formula is C21H24FIN6O. The van der Waals surface area contributed by atoms with Crippen LogP contribution in [0.3, 0.4) is 0 Å². The van der Waals surface area contributed by atoms with Crippen LogP contribution in [0, 0.1) is 5.82 Å². The van der Waals surface area contributed by atoms with Gasteiger partial charge in [-0.25, -0.2) is 4.39 Å². The smallest absolute Gasteiger partial charge is 0.246 e. The van der Waals surface area contributed by atoms with E-state index in [0.717, 1.165) is 16.8 Å². The van der Waals surface area contributed by atoms with Crippen LogP contribution in [0.5, 0.6) is 0 Å². The van der Waals surface area contributed by atoms with Crippen LogP contribution in [0.25, 0.3) is 0 Å². The highest BCUT2D eigenvalue weighted by Crippen LogP contribution is 2.11. The highest BCUT2D eigenvalue weighted by Gasteiger charge is 2.05. The lowest BCUT2D eigenvalue weighted by Gasteiger charge is -2.13. The number of aromatic nitrogens is 2. The number of anilines is 1. The third kappa shape index (κ3) is 7.47. The molecule has 0 bridgehead atoms. The van der Waals surface area contributed by atoms with Crippen LogP contribution in [-0.4, -0.2) is 28.7 Å². The van der Waals surface area contributed by atoms with Crippen molar-refractivity contribution in [1.29, 1.82) is 0 Å². The minimum atomic E-state index is -0.257. The van der Waals surface area contributed by atoms with Crippen molar-refractivity contribution in [2.75, 3.05) is 12.4 Å². The minimum absolute atomic E-state index is 0. The fraction of sp³-hybridized carbons (Fsp3) is 0.190. The molecular weight excluding hydrogens is 498 g/mol. The van der Waals surface area contributed by atoms with Crippen molar-refractivity contribution < 1.29 is 9.18 Å². The van der Waals surface area contributed by atoms with Crippen LogP contribution in [0.15, 0.2) is 72.0 Å². The zero-order valence-electron chi connectivity index (χ0n) is 16.5. The number of nitrogens with zero attached hydrogens (tertiary/aromatic N) is 3. The van der Waals surface area contributed by atoms with Crippen molar-refractivity contribution in [3.63, 3.8) is 0 Å². The molecule has 3 N–H and O–H groups in total. The first-order valence-electron chi connectivity index (χ1n) is 9.17. The summed E-state index contributed by atoms with van der Waals surface area (Å²) in [4.78, 5) is 16.3. The Kier molecular flexibility index (Phi) is 9.26. The number of amides is 1. The Hall–Kier alpha value is -2.95. The molecule has 0 aliphatic carbocycles. The summed E-state index contributed by atoms with van der Waals surface area (Å²) in [7, 11) is 1.69. The van der Waals surface area contributed by atoms with Gasteiger partial charge in [-0.2, -0.15) is 5.10 Å². The maximum absolute atomic E-state index is 13.0. The predicted molar refractivity (Wildman–Crippen MR) is 126 cm³/mol. The second kappa shape index (κ2) is 11.9. The monoisotopic (exact) mass is 522 g/mol. The number of benzene rings is 2. The summed E-state index contributed by atoms with van der Waals surface area (Å²) in [6, 6.07) is 15.7. The van der Waals surface area contributed by atoms with Gasteiger partial charge < -0.3 is 16.0 Å². The highest BCUT2D eigenvalue weighted by molar-refractivity contribution is 14.0. The third-order valence-corrected chi connectivity index (χ3v) is 4.13. The first-order valence-corrected chi connectivity index (χ1v) is 9.17. The zero-order chi connectivity index (χ0) is 20.5. The molecule has 0 aliphatic heterocycles. The van der Waals surface area contributed by atoms with E-state index in [1.807, 2.05) is 24.3 Å². The predicted octanol–water partition coefficient (Wildman–Crippen LogP) is 3.14. The van der Waals surface area contributed by atoms with Crippen LogP contribution in [-0.2, 0) is 24.4 Å². The average molecular weight is 522 g/mol. The SMILES string of the molecule is CN=C(NCc1ccc(F)cc1)NCc1cccc(NC(=O)Cn2cccn2)c1.I. The summed E-state index contributed by atoms with van der Waals surface area (Å²) in [6.07, 6.45) is 3.38. The number of hydrogen-bond acceptors (Lipinski definition) is 3. The largest absolute Gasteiger partial charge is 0.352 e. The number of guanidine groups is 1. The van der Waals surface area contributed by atoms with Gasteiger partial charge in [0.05, 0.1) is 0 Å².